The van der Waals surface area contributed by atoms with Crippen LogP contribution in [-0.4, -0.2) is 34.4 Å². The molecule has 2 amide bonds. The minimum atomic E-state index is -2.00. The molecule has 0 spiro atoms. The van der Waals surface area contributed by atoms with E-state index in [-0.39, 0.29) is 6.54 Å². The Morgan fingerprint density at radius 1 is 1.30 bits per heavy atom. The van der Waals surface area contributed by atoms with Crippen molar-refractivity contribution in [3.8, 4) is 0 Å². The number of anilines is 1. The Morgan fingerprint density at radius 3 is 2.45 bits per heavy atom. The summed E-state index contributed by atoms with van der Waals surface area (Å²) in [6.07, 6.45) is 0. The first kappa shape index (κ1) is 16.5. The second-order valence-electron chi connectivity index (χ2n) is 4.80. The molecule has 0 bridgehead atoms. The zero-order chi connectivity index (χ0) is 15.5. The molecule has 1 unspecified atom stereocenters. The molecule has 0 heterocycles. The van der Waals surface area contributed by atoms with Crippen molar-refractivity contribution in [1.82, 2.24) is 5.32 Å². The maximum atomic E-state index is 11.7. The van der Waals surface area contributed by atoms with Crippen LogP contribution in [0, 0.1) is 13.8 Å². The average Bonchev–Trinajstić information content (AvgIpc) is 2.33. The van der Waals surface area contributed by atoms with Gasteiger partial charge < -0.3 is 20.8 Å². The van der Waals surface area contributed by atoms with Gasteiger partial charge in [-0.15, -0.1) is 0 Å². The normalized spacial score (nSPS) is 13.4. The molecule has 0 aliphatic carbocycles. The van der Waals surface area contributed by atoms with Gasteiger partial charge in [-0.1, -0.05) is 22.0 Å². The minimum absolute atomic E-state index is 0.389. The fourth-order valence-corrected chi connectivity index (χ4v) is 1.80. The van der Waals surface area contributed by atoms with Gasteiger partial charge in [-0.05, 0) is 38.0 Å². The molecular formula is C13H17BrN2O4. The number of carbonyl (C=O) groups is 2. The van der Waals surface area contributed by atoms with Crippen molar-refractivity contribution in [3.63, 3.8) is 0 Å². The van der Waals surface area contributed by atoms with Gasteiger partial charge in [0.05, 0.1) is 6.54 Å². The number of aryl methyl sites for hydroxylation is 2. The van der Waals surface area contributed by atoms with E-state index in [1.807, 2.05) is 19.9 Å². The molecule has 0 saturated heterocycles. The topological polar surface area (TPSA) is 98.7 Å². The summed E-state index contributed by atoms with van der Waals surface area (Å²) < 4.78 is 0.857. The van der Waals surface area contributed by atoms with E-state index < -0.39 is 17.6 Å². The largest absolute Gasteiger partial charge is 0.479 e. The molecule has 1 aromatic rings. The third kappa shape index (κ3) is 4.21. The lowest BCUT2D eigenvalue weighted by molar-refractivity contribution is -0.155. The van der Waals surface area contributed by atoms with Crippen LogP contribution in [0.15, 0.2) is 16.6 Å². The predicted octanol–water partition coefficient (Wildman–Crippen LogP) is 2.02. The van der Waals surface area contributed by atoms with Gasteiger partial charge in [0.1, 0.15) is 0 Å². The predicted molar refractivity (Wildman–Crippen MR) is 78.9 cm³/mol. The van der Waals surface area contributed by atoms with Crippen molar-refractivity contribution in [1.29, 1.82) is 0 Å². The molecule has 7 heteroatoms. The lowest BCUT2D eigenvalue weighted by Crippen LogP contribution is -2.47. The van der Waals surface area contributed by atoms with Crippen LogP contribution in [0.1, 0.15) is 18.1 Å². The highest BCUT2D eigenvalue weighted by molar-refractivity contribution is 9.10. The first-order valence-electron chi connectivity index (χ1n) is 5.91. The van der Waals surface area contributed by atoms with Crippen LogP contribution in [0.5, 0.6) is 0 Å². The number of carboxylic acid groups (broad SMARTS) is 1. The molecule has 0 aromatic heterocycles. The quantitative estimate of drug-likeness (QED) is 0.671. The molecule has 0 saturated carbocycles. The molecule has 0 aliphatic heterocycles. The monoisotopic (exact) mass is 344 g/mol. The molecule has 1 atom stereocenters. The molecule has 6 nitrogen and oxygen atoms in total. The van der Waals surface area contributed by atoms with Crippen LogP contribution in [-0.2, 0) is 4.79 Å². The number of nitrogens with one attached hydrogen (secondary N) is 2. The third-order valence-corrected chi connectivity index (χ3v) is 3.66. The Morgan fingerprint density at radius 2 is 1.90 bits per heavy atom. The number of rotatable bonds is 4. The number of hydrogen-bond acceptors (Lipinski definition) is 3. The SMILES string of the molecule is Cc1cc(C)c(NC(=O)NCC(C)(O)C(=O)O)cc1Br. The highest BCUT2D eigenvalue weighted by Crippen LogP contribution is 2.24. The fraction of sp³-hybridized carbons (Fsp3) is 0.385. The second-order valence-corrected chi connectivity index (χ2v) is 5.66. The first-order chi connectivity index (χ1) is 9.13. The van der Waals surface area contributed by atoms with Gasteiger partial charge in [-0.2, -0.15) is 0 Å². The summed E-state index contributed by atoms with van der Waals surface area (Å²) in [6, 6.07) is 3.09. The molecule has 0 radical (unpaired) electrons. The van der Waals surface area contributed by atoms with Crippen LogP contribution in [0.25, 0.3) is 0 Å². The Bertz CT molecular complexity index is 543. The summed E-state index contributed by atoms with van der Waals surface area (Å²) in [5.74, 6) is -1.40. The third-order valence-electron chi connectivity index (χ3n) is 2.81. The second kappa shape index (κ2) is 6.23. The highest BCUT2D eigenvalue weighted by Gasteiger charge is 2.30. The number of carboxylic acids is 1. The maximum absolute atomic E-state index is 11.7. The van der Waals surface area contributed by atoms with E-state index in [1.165, 1.54) is 0 Å². The summed E-state index contributed by atoms with van der Waals surface area (Å²) in [7, 11) is 0. The van der Waals surface area contributed by atoms with E-state index in [4.69, 9.17) is 5.11 Å². The van der Waals surface area contributed by atoms with E-state index in [0.717, 1.165) is 22.5 Å². The standard InChI is InChI=1S/C13H17BrN2O4/c1-7-4-8(2)10(5-9(7)14)16-12(19)15-6-13(3,20)11(17)18/h4-5,20H,6H2,1-3H3,(H,17,18)(H2,15,16,19). The van der Waals surface area contributed by atoms with Crippen LogP contribution in [0.2, 0.25) is 0 Å². The first-order valence-corrected chi connectivity index (χ1v) is 6.70. The molecule has 0 aliphatic rings. The summed E-state index contributed by atoms with van der Waals surface area (Å²) in [4.78, 5) is 22.4. The molecule has 4 N–H and O–H groups in total. The summed E-state index contributed by atoms with van der Waals surface area (Å²) >= 11 is 3.37. The van der Waals surface area contributed by atoms with Crippen LogP contribution in [0.3, 0.4) is 0 Å². The Hall–Kier alpha value is -1.60. The van der Waals surface area contributed by atoms with Crippen molar-refractivity contribution in [2.45, 2.75) is 26.4 Å². The number of carbonyl (C=O) groups excluding carboxylic acids is 1. The van der Waals surface area contributed by atoms with E-state index >= 15 is 0 Å². The number of aliphatic carboxylic acids is 1. The highest BCUT2D eigenvalue weighted by atomic mass is 79.9. The van der Waals surface area contributed by atoms with Crippen molar-refractivity contribution in [2.75, 3.05) is 11.9 Å². The smallest absolute Gasteiger partial charge is 0.337 e. The van der Waals surface area contributed by atoms with Crippen LogP contribution in [0.4, 0.5) is 10.5 Å². The van der Waals surface area contributed by atoms with Gasteiger partial charge in [0.25, 0.3) is 0 Å². The van der Waals surface area contributed by atoms with Gasteiger partial charge in [0, 0.05) is 10.2 Å². The van der Waals surface area contributed by atoms with Crippen LogP contribution >= 0.6 is 15.9 Å². The molecule has 0 fully saturated rings. The number of hydrogen-bond donors (Lipinski definition) is 4. The molecule has 20 heavy (non-hydrogen) atoms. The molecule has 1 aromatic carbocycles. The lowest BCUT2D eigenvalue weighted by Gasteiger charge is -2.19. The Kier molecular flexibility index (Phi) is 5.13. The van der Waals surface area contributed by atoms with Gasteiger partial charge in [-0.25, -0.2) is 9.59 Å². The van der Waals surface area contributed by atoms with Gasteiger partial charge in [0.15, 0.2) is 5.60 Å². The summed E-state index contributed by atoms with van der Waals surface area (Å²) in [6.45, 7) is 4.51. The van der Waals surface area contributed by atoms with E-state index in [1.54, 1.807) is 6.07 Å². The van der Waals surface area contributed by atoms with E-state index in [0.29, 0.717) is 5.69 Å². The maximum Gasteiger partial charge on any atom is 0.337 e. The van der Waals surface area contributed by atoms with Crippen molar-refractivity contribution in [2.24, 2.45) is 0 Å². The number of halogens is 1. The van der Waals surface area contributed by atoms with Gasteiger partial charge in [0.2, 0.25) is 0 Å². The van der Waals surface area contributed by atoms with Crippen molar-refractivity contribution >= 4 is 33.6 Å². The number of benzene rings is 1. The van der Waals surface area contributed by atoms with Crippen LogP contribution < -0.4 is 10.6 Å². The molecular weight excluding hydrogens is 328 g/mol. The summed E-state index contributed by atoms with van der Waals surface area (Å²) in [5.41, 5.74) is 0.531. The van der Waals surface area contributed by atoms with Gasteiger partial charge in [-0.3, -0.25) is 0 Å². The number of urea groups is 1. The summed E-state index contributed by atoms with van der Waals surface area (Å²) in [5, 5.41) is 23.1. The van der Waals surface area contributed by atoms with Crippen molar-refractivity contribution < 1.29 is 19.8 Å². The fourth-order valence-electron chi connectivity index (χ4n) is 1.46. The van der Waals surface area contributed by atoms with E-state index in [2.05, 4.69) is 26.6 Å². The minimum Gasteiger partial charge on any atom is -0.479 e. The van der Waals surface area contributed by atoms with Gasteiger partial charge >= 0.3 is 12.0 Å². The molecule has 1 rings (SSSR count). The lowest BCUT2D eigenvalue weighted by atomic mass is 10.1. The average molecular weight is 345 g/mol. The van der Waals surface area contributed by atoms with Crippen molar-refractivity contribution in [3.05, 3.63) is 27.7 Å². The zero-order valence-corrected chi connectivity index (χ0v) is 13.0. The Balaban J connectivity index is 2.68. The number of amides is 2. The molecule has 110 valence electrons. The number of aliphatic hydroxyl groups is 1. The van der Waals surface area contributed by atoms with E-state index in [9.17, 15) is 14.7 Å². The zero-order valence-electron chi connectivity index (χ0n) is 11.5. The Labute approximate surface area is 125 Å².